The minimum Gasteiger partial charge on any atom is -0.383 e. The molecule has 0 saturated heterocycles. The van der Waals surface area contributed by atoms with Crippen LogP contribution in [-0.2, 0) is 9.53 Å². The molecule has 2 rings (SSSR count). The van der Waals surface area contributed by atoms with Crippen molar-refractivity contribution in [1.82, 2.24) is 10.6 Å². The summed E-state index contributed by atoms with van der Waals surface area (Å²) >= 11 is 0. The Bertz CT molecular complexity index is 883. The number of hydrogen-bond acceptors (Lipinski definition) is 5. The van der Waals surface area contributed by atoms with Crippen molar-refractivity contribution < 1.29 is 19.1 Å². The zero-order valence-electron chi connectivity index (χ0n) is 17.5. The maximum Gasteiger partial charge on any atom is 0.251 e. The molecule has 3 amide bonds. The molecule has 0 heterocycles. The van der Waals surface area contributed by atoms with E-state index in [2.05, 4.69) is 21.3 Å². The van der Waals surface area contributed by atoms with Crippen LogP contribution >= 0.6 is 0 Å². The minimum absolute atomic E-state index is 0.0111. The quantitative estimate of drug-likeness (QED) is 0.448. The third-order valence-corrected chi connectivity index (χ3v) is 4.00. The van der Waals surface area contributed by atoms with Crippen LogP contribution in [0.1, 0.15) is 34.6 Å². The van der Waals surface area contributed by atoms with Gasteiger partial charge in [0.05, 0.1) is 13.2 Å². The third kappa shape index (κ3) is 7.56. The summed E-state index contributed by atoms with van der Waals surface area (Å²) in [7, 11) is 1.57. The van der Waals surface area contributed by atoms with Crippen molar-refractivity contribution >= 4 is 29.1 Å². The van der Waals surface area contributed by atoms with Gasteiger partial charge in [0, 0.05) is 42.2 Å². The summed E-state index contributed by atoms with van der Waals surface area (Å²) in [5.41, 5.74) is 2.14. The van der Waals surface area contributed by atoms with Crippen LogP contribution in [-0.4, -0.2) is 50.6 Å². The molecule has 2 aromatic rings. The second-order valence-corrected chi connectivity index (χ2v) is 6.94. The predicted octanol–water partition coefficient (Wildman–Crippen LogP) is 2.25. The second kappa shape index (κ2) is 11.6. The van der Waals surface area contributed by atoms with E-state index in [0.717, 1.165) is 0 Å². The molecule has 160 valence electrons. The van der Waals surface area contributed by atoms with Gasteiger partial charge >= 0.3 is 0 Å². The van der Waals surface area contributed by atoms with E-state index in [9.17, 15) is 14.4 Å². The summed E-state index contributed by atoms with van der Waals surface area (Å²) in [6.45, 7) is 4.63. The van der Waals surface area contributed by atoms with Gasteiger partial charge in [-0.05, 0) is 50.2 Å². The number of benzene rings is 2. The molecule has 0 aliphatic rings. The first-order valence-electron chi connectivity index (χ1n) is 9.71. The number of anilines is 2. The SMILES string of the molecule is COCCNC(=O)c1cccc(NCC(=O)Nc2cccc(C(=O)NC(C)C)c2)c1. The van der Waals surface area contributed by atoms with Gasteiger partial charge in [0.15, 0.2) is 0 Å². The van der Waals surface area contributed by atoms with Gasteiger partial charge in [0.1, 0.15) is 0 Å². The van der Waals surface area contributed by atoms with E-state index < -0.39 is 0 Å². The van der Waals surface area contributed by atoms with Crippen LogP contribution in [0.2, 0.25) is 0 Å². The topological polar surface area (TPSA) is 109 Å². The van der Waals surface area contributed by atoms with Crippen molar-refractivity contribution in [3.05, 3.63) is 59.7 Å². The van der Waals surface area contributed by atoms with Gasteiger partial charge in [0.25, 0.3) is 11.8 Å². The van der Waals surface area contributed by atoms with Crippen molar-refractivity contribution in [1.29, 1.82) is 0 Å². The summed E-state index contributed by atoms with van der Waals surface area (Å²) in [5.74, 6) is -0.678. The molecule has 0 radical (unpaired) electrons. The molecule has 0 spiro atoms. The van der Waals surface area contributed by atoms with Crippen molar-refractivity contribution in [2.75, 3.05) is 37.4 Å². The standard InChI is InChI=1S/C22H28N4O4/c1-15(2)25-22(29)17-7-5-9-19(13-17)26-20(27)14-24-18-8-4-6-16(12-18)21(28)23-10-11-30-3/h4-9,12-13,15,24H,10-11,14H2,1-3H3,(H,23,28)(H,25,29)(H,26,27). The Labute approximate surface area is 176 Å². The third-order valence-electron chi connectivity index (χ3n) is 4.00. The van der Waals surface area contributed by atoms with Crippen molar-refractivity contribution in [2.45, 2.75) is 19.9 Å². The highest BCUT2D eigenvalue weighted by molar-refractivity contribution is 5.98. The van der Waals surface area contributed by atoms with Gasteiger partial charge in [-0.2, -0.15) is 0 Å². The van der Waals surface area contributed by atoms with Crippen molar-refractivity contribution in [3.63, 3.8) is 0 Å². The van der Waals surface area contributed by atoms with Crippen LogP contribution in [0, 0.1) is 0 Å². The molecule has 0 aromatic heterocycles. The minimum atomic E-state index is -0.272. The molecule has 0 fully saturated rings. The molecular weight excluding hydrogens is 384 g/mol. The van der Waals surface area contributed by atoms with Crippen LogP contribution < -0.4 is 21.3 Å². The molecule has 0 atom stereocenters. The van der Waals surface area contributed by atoms with Crippen LogP contribution in [0.3, 0.4) is 0 Å². The maximum atomic E-state index is 12.3. The van der Waals surface area contributed by atoms with Gasteiger partial charge in [-0.25, -0.2) is 0 Å². The number of nitrogens with one attached hydrogen (secondary N) is 4. The Morgan fingerprint density at radius 1 is 0.933 bits per heavy atom. The van der Waals surface area contributed by atoms with Crippen molar-refractivity contribution in [3.8, 4) is 0 Å². The Hall–Kier alpha value is -3.39. The molecule has 2 aromatic carbocycles. The molecule has 0 aliphatic heterocycles. The number of ether oxygens (including phenoxy) is 1. The Kier molecular flexibility index (Phi) is 8.83. The molecule has 0 saturated carbocycles. The van der Waals surface area contributed by atoms with E-state index in [4.69, 9.17) is 4.74 Å². The molecule has 0 unspecified atom stereocenters. The van der Waals surface area contributed by atoms with Gasteiger partial charge in [-0.3, -0.25) is 14.4 Å². The first kappa shape index (κ1) is 22.9. The summed E-state index contributed by atoms with van der Waals surface area (Å²) in [6, 6.07) is 13.7. The summed E-state index contributed by atoms with van der Waals surface area (Å²) in [5, 5.41) is 11.3. The van der Waals surface area contributed by atoms with E-state index in [-0.39, 0.29) is 30.3 Å². The van der Waals surface area contributed by atoms with Crippen LogP contribution in [0.4, 0.5) is 11.4 Å². The predicted molar refractivity (Wildman–Crippen MR) is 117 cm³/mol. The number of carbonyl (C=O) groups is 3. The fourth-order valence-corrected chi connectivity index (χ4v) is 2.61. The van der Waals surface area contributed by atoms with Crippen LogP contribution in [0.5, 0.6) is 0 Å². The normalized spacial score (nSPS) is 10.4. The fourth-order valence-electron chi connectivity index (χ4n) is 2.61. The van der Waals surface area contributed by atoms with Gasteiger partial charge < -0.3 is 26.0 Å². The lowest BCUT2D eigenvalue weighted by Crippen LogP contribution is -2.30. The average Bonchev–Trinajstić information content (AvgIpc) is 2.72. The van der Waals surface area contributed by atoms with E-state index in [0.29, 0.717) is 35.7 Å². The summed E-state index contributed by atoms with van der Waals surface area (Å²) in [4.78, 5) is 36.5. The first-order valence-corrected chi connectivity index (χ1v) is 9.71. The Morgan fingerprint density at radius 2 is 1.57 bits per heavy atom. The van der Waals surface area contributed by atoms with E-state index in [1.807, 2.05) is 13.8 Å². The smallest absolute Gasteiger partial charge is 0.251 e. The number of carbonyl (C=O) groups excluding carboxylic acids is 3. The number of amides is 3. The van der Waals surface area contributed by atoms with E-state index in [1.165, 1.54) is 0 Å². The van der Waals surface area contributed by atoms with Gasteiger partial charge in [-0.1, -0.05) is 12.1 Å². The lowest BCUT2D eigenvalue weighted by atomic mass is 10.1. The monoisotopic (exact) mass is 412 g/mol. The lowest BCUT2D eigenvalue weighted by Gasteiger charge is -2.11. The molecule has 30 heavy (non-hydrogen) atoms. The fraction of sp³-hybridized carbons (Fsp3) is 0.318. The number of rotatable bonds is 10. The summed E-state index contributed by atoms with van der Waals surface area (Å²) in [6.07, 6.45) is 0. The number of methoxy groups -OCH3 is 1. The molecule has 0 bridgehead atoms. The zero-order chi connectivity index (χ0) is 21.9. The second-order valence-electron chi connectivity index (χ2n) is 6.94. The molecular formula is C22H28N4O4. The molecule has 4 N–H and O–H groups in total. The summed E-state index contributed by atoms with van der Waals surface area (Å²) < 4.78 is 4.91. The average molecular weight is 412 g/mol. The van der Waals surface area contributed by atoms with E-state index >= 15 is 0 Å². The first-order chi connectivity index (χ1) is 14.4. The highest BCUT2D eigenvalue weighted by atomic mass is 16.5. The van der Waals surface area contributed by atoms with Crippen LogP contribution in [0.25, 0.3) is 0 Å². The molecule has 8 nitrogen and oxygen atoms in total. The highest BCUT2D eigenvalue weighted by Gasteiger charge is 2.10. The zero-order valence-corrected chi connectivity index (χ0v) is 17.5. The highest BCUT2D eigenvalue weighted by Crippen LogP contribution is 2.12. The van der Waals surface area contributed by atoms with E-state index in [1.54, 1.807) is 55.6 Å². The molecule has 8 heteroatoms. The van der Waals surface area contributed by atoms with Crippen LogP contribution in [0.15, 0.2) is 48.5 Å². The largest absolute Gasteiger partial charge is 0.383 e. The molecule has 0 aliphatic carbocycles. The Morgan fingerprint density at radius 3 is 2.23 bits per heavy atom. The maximum absolute atomic E-state index is 12.3. The van der Waals surface area contributed by atoms with Gasteiger partial charge in [0.2, 0.25) is 5.91 Å². The van der Waals surface area contributed by atoms with Gasteiger partial charge in [-0.15, -0.1) is 0 Å². The Balaban J connectivity index is 1.90. The number of hydrogen-bond donors (Lipinski definition) is 4. The lowest BCUT2D eigenvalue weighted by molar-refractivity contribution is -0.114. The van der Waals surface area contributed by atoms with Crippen molar-refractivity contribution in [2.24, 2.45) is 0 Å².